The molecule has 0 aromatic rings. The Kier molecular flexibility index (Phi) is 4.17. The van der Waals surface area contributed by atoms with Crippen molar-refractivity contribution < 1.29 is 32.6 Å². The monoisotopic (exact) mass is 257 g/mol. The number of ether oxygens (including phenoxy) is 1. The van der Waals surface area contributed by atoms with E-state index in [0.29, 0.717) is 6.92 Å². The van der Waals surface area contributed by atoms with Gasteiger partial charge in [0.25, 0.3) is 5.91 Å². The van der Waals surface area contributed by atoms with Crippen LogP contribution in [0.15, 0.2) is 0 Å². The van der Waals surface area contributed by atoms with Gasteiger partial charge in [-0.05, 0) is 20.8 Å². The van der Waals surface area contributed by atoms with Gasteiger partial charge in [0.1, 0.15) is 5.60 Å². The van der Waals surface area contributed by atoms with E-state index in [1.807, 2.05) is 0 Å². The Morgan fingerprint density at radius 3 is 1.82 bits per heavy atom. The van der Waals surface area contributed by atoms with Gasteiger partial charge in [-0.15, -0.1) is 0 Å². The number of nitrogens with one attached hydrogen (secondary N) is 1. The maximum Gasteiger partial charge on any atom is 0.422 e. The third-order valence-corrected chi connectivity index (χ3v) is 2.42. The summed E-state index contributed by atoms with van der Waals surface area (Å²) in [4.78, 5) is 22.1. The second-order valence-corrected chi connectivity index (χ2v) is 4.10. The predicted octanol–water partition coefficient (Wildman–Crippen LogP) is 0.933. The number of aliphatic carboxylic acids is 1. The Morgan fingerprint density at radius 1 is 1.18 bits per heavy atom. The molecule has 0 bridgehead atoms. The van der Waals surface area contributed by atoms with Crippen molar-refractivity contribution >= 4 is 11.9 Å². The van der Waals surface area contributed by atoms with Crippen molar-refractivity contribution in [2.45, 2.75) is 38.1 Å². The quantitative estimate of drug-likeness (QED) is 0.785. The molecule has 8 heteroatoms. The normalized spacial score (nSPS) is 16.2. The summed E-state index contributed by atoms with van der Waals surface area (Å²) in [7, 11) is 1.13. The van der Waals surface area contributed by atoms with Gasteiger partial charge in [0.2, 0.25) is 5.54 Å². The molecule has 5 nitrogen and oxygen atoms in total. The smallest absolute Gasteiger partial charge is 0.422 e. The molecule has 17 heavy (non-hydrogen) atoms. The first-order chi connectivity index (χ1) is 7.38. The van der Waals surface area contributed by atoms with Gasteiger partial charge >= 0.3 is 12.1 Å². The Balaban J connectivity index is 5.19. The van der Waals surface area contributed by atoms with E-state index in [4.69, 9.17) is 5.11 Å². The lowest BCUT2D eigenvalue weighted by atomic mass is 9.99. The molecular formula is C9H14F3NO4. The standard InChI is InChI=1S/C9H14F3NO4/c1-7(2,17-4)5(14)13-8(3,6(15)16)9(10,11)12/h1-4H3,(H,13,14)(H,15,16). The molecule has 0 saturated carbocycles. The summed E-state index contributed by atoms with van der Waals surface area (Å²) in [5, 5.41) is 10.0. The SMILES string of the molecule is COC(C)(C)C(=O)NC(C)(C(=O)O)C(F)(F)F. The number of rotatable bonds is 4. The number of carbonyl (C=O) groups is 2. The van der Waals surface area contributed by atoms with E-state index in [1.165, 1.54) is 19.2 Å². The Morgan fingerprint density at radius 2 is 1.59 bits per heavy atom. The minimum Gasteiger partial charge on any atom is -0.479 e. The molecule has 0 radical (unpaired) electrons. The molecule has 0 rings (SSSR count). The fourth-order valence-corrected chi connectivity index (χ4v) is 0.716. The molecule has 100 valence electrons. The van der Waals surface area contributed by atoms with E-state index < -0.39 is 29.2 Å². The topological polar surface area (TPSA) is 75.6 Å². The van der Waals surface area contributed by atoms with Crippen LogP contribution in [0.3, 0.4) is 0 Å². The van der Waals surface area contributed by atoms with Crippen LogP contribution in [-0.2, 0) is 14.3 Å². The molecule has 0 aliphatic rings. The molecule has 0 aliphatic heterocycles. The van der Waals surface area contributed by atoms with Crippen LogP contribution in [0.4, 0.5) is 13.2 Å². The summed E-state index contributed by atoms with van der Waals surface area (Å²) in [6, 6.07) is 0. The highest BCUT2D eigenvalue weighted by Gasteiger charge is 2.59. The third-order valence-electron chi connectivity index (χ3n) is 2.42. The second kappa shape index (κ2) is 4.52. The number of hydrogen-bond donors (Lipinski definition) is 2. The van der Waals surface area contributed by atoms with Crippen LogP contribution >= 0.6 is 0 Å². The molecule has 1 unspecified atom stereocenters. The van der Waals surface area contributed by atoms with Crippen LogP contribution in [0.2, 0.25) is 0 Å². The number of methoxy groups -OCH3 is 1. The number of alkyl halides is 3. The van der Waals surface area contributed by atoms with Crippen molar-refractivity contribution in [1.82, 2.24) is 5.32 Å². The zero-order valence-corrected chi connectivity index (χ0v) is 9.81. The van der Waals surface area contributed by atoms with Crippen molar-refractivity contribution in [3.05, 3.63) is 0 Å². The average Bonchev–Trinajstić information content (AvgIpc) is 2.15. The minimum absolute atomic E-state index is 0.374. The fourth-order valence-electron chi connectivity index (χ4n) is 0.716. The molecular weight excluding hydrogens is 243 g/mol. The summed E-state index contributed by atoms with van der Waals surface area (Å²) in [5.74, 6) is -3.35. The van der Waals surface area contributed by atoms with Crippen LogP contribution in [0.25, 0.3) is 0 Å². The molecule has 0 spiro atoms. The highest BCUT2D eigenvalue weighted by atomic mass is 19.4. The number of carboxylic acid groups (broad SMARTS) is 1. The van der Waals surface area contributed by atoms with E-state index in [2.05, 4.69) is 4.74 Å². The van der Waals surface area contributed by atoms with Gasteiger partial charge in [0, 0.05) is 7.11 Å². The van der Waals surface area contributed by atoms with Crippen molar-refractivity contribution in [3.63, 3.8) is 0 Å². The van der Waals surface area contributed by atoms with Gasteiger partial charge in [0.15, 0.2) is 0 Å². The maximum atomic E-state index is 12.6. The zero-order valence-electron chi connectivity index (χ0n) is 9.81. The Hall–Kier alpha value is -1.31. The van der Waals surface area contributed by atoms with E-state index in [9.17, 15) is 22.8 Å². The third kappa shape index (κ3) is 3.09. The first-order valence-electron chi connectivity index (χ1n) is 4.56. The van der Waals surface area contributed by atoms with Gasteiger partial charge in [-0.2, -0.15) is 13.2 Å². The molecule has 1 atom stereocenters. The van der Waals surface area contributed by atoms with E-state index in [0.717, 1.165) is 7.11 Å². The maximum absolute atomic E-state index is 12.6. The Bertz CT molecular complexity index is 327. The Labute approximate surface area is 95.9 Å². The van der Waals surface area contributed by atoms with Crippen molar-refractivity contribution in [1.29, 1.82) is 0 Å². The molecule has 0 aromatic carbocycles. The number of halogens is 3. The summed E-state index contributed by atoms with van der Waals surface area (Å²) >= 11 is 0. The molecule has 0 aliphatic carbocycles. The van der Waals surface area contributed by atoms with Crippen molar-refractivity contribution in [2.75, 3.05) is 7.11 Å². The lowest BCUT2D eigenvalue weighted by molar-refractivity contribution is -0.209. The van der Waals surface area contributed by atoms with Crippen LogP contribution in [-0.4, -0.2) is 41.4 Å². The van der Waals surface area contributed by atoms with Crippen LogP contribution < -0.4 is 5.32 Å². The van der Waals surface area contributed by atoms with Gasteiger partial charge in [-0.1, -0.05) is 0 Å². The van der Waals surface area contributed by atoms with Crippen LogP contribution in [0.5, 0.6) is 0 Å². The lowest BCUT2D eigenvalue weighted by Gasteiger charge is -2.32. The first-order valence-corrected chi connectivity index (χ1v) is 4.56. The number of hydrogen-bond acceptors (Lipinski definition) is 3. The number of carbonyl (C=O) groups excluding carboxylic acids is 1. The van der Waals surface area contributed by atoms with Crippen molar-refractivity contribution in [2.24, 2.45) is 0 Å². The molecule has 0 saturated heterocycles. The highest BCUT2D eigenvalue weighted by Crippen LogP contribution is 2.31. The van der Waals surface area contributed by atoms with Crippen LogP contribution in [0.1, 0.15) is 20.8 Å². The summed E-state index contributed by atoms with van der Waals surface area (Å²) < 4.78 is 42.4. The zero-order chi connectivity index (χ0) is 14.1. The van der Waals surface area contributed by atoms with Gasteiger partial charge in [-0.3, -0.25) is 4.79 Å². The van der Waals surface area contributed by atoms with Crippen LogP contribution in [0, 0.1) is 0 Å². The lowest BCUT2D eigenvalue weighted by Crippen LogP contribution is -2.65. The molecule has 0 heterocycles. The first kappa shape index (κ1) is 15.7. The average molecular weight is 257 g/mol. The number of carboxylic acids is 1. The highest BCUT2D eigenvalue weighted by molar-refractivity contribution is 5.91. The molecule has 2 N–H and O–H groups in total. The summed E-state index contributed by atoms with van der Waals surface area (Å²) in [6.45, 7) is 2.82. The summed E-state index contributed by atoms with van der Waals surface area (Å²) in [6.07, 6.45) is -5.11. The van der Waals surface area contributed by atoms with E-state index in [1.54, 1.807) is 0 Å². The molecule has 1 amide bonds. The predicted molar refractivity (Wildman–Crippen MR) is 51.3 cm³/mol. The largest absolute Gasteiger partial charge is 0.479 e. The summed E-state index contributed by atoms with van der Waals surface area (Å²) in [5.41, 5.74) is -4.90. The molecule has 0 fully saturated rings. The molecule has 0 aromatic heterocycles. The van der Waals surface area contributed by atoms with Gasteiger partial charge in [-0.25, -0.2) is 4.79 Å². The van der Waals surface area contributed by atoms with Crippen molar-refractivity contribution in [3.8, 4) is 0 Å². The van der Waals surface area contributed by atoms with E-state index >= 15 is 0 Å². The van der Waals surface area contributed by atoms with Gasteiger partial charge < -0.3 is 15.2 Å². The number of amides is 1. The minimum atomic E-state index is -5.11. The van der Waals surface area contributed by atoms with Gasteiger partial charge in [0.05, 0.1) is 0 Å². The second-order valence-electron chi connectivity index (χ2n) is 4.10. The fraction of sp³-hybridized carbons (Fsp3) is 0.778. The van der Waals surface area contributed by atoms with E-state index in [-0.39, 0.29) is 0 Å².